The number of carbonyl (C=O) groups excluding carboxylic acids is 1. The van der Waals surface area contributed by atoms with Gasteiger partial charge in [-0.3, -0.25) is 4.79 Å². The zero-order valence-corrected chi connectivity index (χ0v) is 9.83. The van der Waals surface area contributed by atoms with Crippen LogP contribution >= 0.6 is 0 Å². The van der Waals surface area contributed by atoms with Gasteiger partial charge in [0.2, 0.25) is 5.91 Å². The van der Waals surface area contributed by atoms with Crippen LogP contribution in [0.1, 0.15) is 18.9 Å². The molecule has 1 aromatic rings. The lowest BCUT2D eigenvalue weighted by Crippen LogP contribution is -2.42. The number of nitrogens with zero attached hydrogens (tertiary/aromatic N) is 1. The second-order valence-electron chi connectivity index (χ2n) is 3.76. The molecule has 0 N–H and O–H groups in total. The van der Waals surface area contributed by atoms with Crippen LogP contribution in [0.25, 0.3) is 0 Å². The van der Waals surface area contributed by atoms with Gasteiger partial charge in [-0.25, -0.2) is 12.7 Å². The maximum atomic E-state index is 12.1. The molecule has 0 radical (unpaired) electrons. The number of sulfonamides is 1. The summed E-state index contributed by atoms with van der Waals surface area (Å²) in [5.74, 6) is -0.333. The summed E-state index contributed by atoms with van der Waals surface area (Å²) in [5, 5.41) is 0. The van der Waals surface area contributed by atoms with Crippen molar-refractivity contribution >= 4 is 15.9 Å². The van der Waals surface area contributed by atoms with E-state index in [-0.39, 0.29) is 23.8 Å². The fourth-order valence-electron chi connectivity index (χ4n) is 1.85. The summed E-state index contributed by atoms with van der Waals surface area (Å²) in [6.07, 6.45) is 0.808. The Morgan fingerprint density at radius 3 is 2.69 bits per heavy atom. The Kier molecular flexibility index (Phi) is 2.71. The van der Waals surface area contributed by atoms with Crippen LogP contribution in [0.15, 0.2) is 29.2 Å². The van der Waals surface area contributed by atoms with Crippen LogP contribution in [-0.2, 0) is 21.2 Å². The van der Waals surface area contributed by atoms with Gasteiger partial charge < -0.3 is 0 Å². The molecule has 0 fully saturated rings. The van der Waals surface area contributed by atoms with Crippen molar-refractivity contribution in [3.63, 3.8) is 0 Å². The molecule has 2 rings (SSSR count). The largest absolute Gasteiger partial charge is 0.273 e. The van der Waals surface area contributed by atoms with Gasteiger partial charge >= 0.3 is 0 Å². The average Bonchev–Trinajstić information content (AvgIpc) is 2.24. The van der Waals surface area contributed by atoms with Crippen molar-refractivity contribution in [3.05, 3.63) is 29.8 Å². The number of rotatable bonds is 2. The lowest BCUT2D eigenvalue weighted by molar-refractivity contribution is -0.126. The molecular weight excluding hydrogens is 226 g/mol. The highest BCUT2D eigenvalue weighted by Crippen LogP contribution is 2.26. The van der Waals surface area contributed by atoms with Gasteiger partial charge in [0.15, 0.2) is 0 Å². The number of amides is 1. The summed E-state index contributed by atoms with van der Waals surface area (Å²) in [7, 11) is -3.61. The van der Waals surface area contributed by atoms with Crippen molar-refractivity contribution in [2.75, 3.05) is 6.54 Å². The van der Waals surface area contributed by atoms with Crippen LogP contribution in [0.5, 0.6) is 0 Å². The molecule has 1 aliphatic rings. The summed E-state index contributed by atoms with van der Waals surface area (Å²) in [5.41, 5.74) is 0.597. The van der Waals surface area contributed by atoms with E-state index in [0.717, 1.165) is 4.31 Å². The van der Waals surface area contributed by atoms with Crippen molar-refractivity contribution in [2.24, 2.45) is 0 Å². The molecule has 86 valence electrons. The minimum absolute atomic E-state index is 0.176. The fourth-order valence-corrected chi connectivity index (χ4v) is 3.57. The second-order valence-corrected chi connectivity index (χ2v) is 5.59. The van der Waals surface area contributed by atoms with Crippen molar-refractivity contribution < 1.29 is 13.2 Å². The van der Waals surface area contributed by atoms with E-state index < -0.39 is 10.0 Å². The van der Waals surface area contributed by atoms with E-state index >= 15 is 0 Å². The molecule has 0 aromatic heterocycles. The molecule has 4 nitrogen and oxygen atoms in total. The predicted octanol–water partition coefficient (Wildman–Crippen LogP) is 1.17. The van der Waals surface area contributed by atoms with Crippen LogP contribution in [0.4, 0.5) is 0 Å². The predicted molar refractivity (Wildman–Crippen MR) is 59.3 cm³/mol. The van der Waals surface area contributed by atoms with E-state index in [9.17, 15) is 13.2 Å². The zero-order valence-electron chi connectivity index (χ0n) is 9.01. The van der Waals surface area contributed by atoms with Crippen LogP contribution in [0.3, 0.4) is 0 Å². The van der Waals surface area contributed by atoms with E-state index in [1.54, 1.807) is 24.3 Å². The van der Waals surface area contributed by atoms with Crippen LogP contribution < -0.4 is 0 Å². The van der Waals surface area contributed by atoms with Crippen molar-refractivity contribution in [1.82, 2.24) is 4.31 Å². The quantitative estimate of drug-likeness (QED) is 0.778. The molecule has 0 saturated heterocycles. The second kappa shape index (κ2) is 3.90. The van der Waals surface area contributed by atoms with Crippen LogP contribution in [0.2, 0.25) is 0 Å². The molecule has 0 bridgehead atoms. The molecule has 0 spiro atoms. The van der Waals surface area contributed by atoms with Gasteiger partial charge in [-0.2, -0.15) is 0 Å². The van der Waals surface area contributed by atoms with Crippen molar-refractivity contribution in [2.45, 2.75) is 24.7 Å². The molecule has 5 heteroatoms. The highest BCUT2D eigenvalue weighted by atomic mass is 32.2. The van der Waals surface area contributed by atoms with Crippen LogP contribution in [-0.4, -0.2) is 25.2 Å². The van der Waals surface area contributed by atoms with Crippen LogP contribution in [0, 0.1) is 0 Å². The third kappa shape index (κ3) is 1.61. The van der Waals surface area contributed by atoms with Crippen molar-refractivity contribution in [1.29, 1.82) is 0 Å². The summed E-state index contributed by atoms with van der Waals surface area (Å²) >= 11 is 0. The Morgan fingerprint density at radius 2 is 2.00 bits per heavy atom. The van der Waals surface area contributed by atoms with Gasteiger partial charge in [0, 0.05) is 6.54 Å². The number of carbonyl (C=O) groups is 1. The SMILES string of the molecule is CCCN1C(=O)Cc2ccccc2S1(=O)=O. The Balaban J connectivity index is 2.56. The maximum absolute atomic E-state index is 12.1. The highest BCUT2D eigenvalue weighted by Gasteiger charge is 2.35. The molecule has 0 aliphatic carbocycles. The standard InChI is InChI=1S/C11H13NO3S/c1-2-7-12-11(13)8-9-5-3-4-6-10(9)16(12,14)15/h3-6H,2,7-8H2,1H3. The van der Waals surface area contributed by atoms with Gasteiger partial charge in [0.25, 0.3) is 10.0 Å². The maximum Gasteiger partial charge on any atom is 0.266 e. The van der Waals surface area contributed by atoms with E-state index in [4.69, 9.17) is 0 Å². The molecule has 0 saturated carbocycles. The molecule has 0 unspecified atom stereocenters. The lowest BCUT2D eigenvalue weighted by atomic mass is 10.1. The van der Waals surface area contributed by atoms with E-state index in [1.807, 2.05) is 6.92 Å². The van der Waals surface area contributed by atoms with E-state index in [0.29, 0.717) is 12.0 Å². The first-order valence-corrected chi connectivity index (χ1v) is 6.65. The molecule has 16 heavy (non-hydrogen) atoms. The Bertz CT molecular complexity index is 522. The Labute approximate surface area is 94.9 Å². The van der Waals surface area contributed by atoms with Gasteiger partial charge in [-0.1, -0.05) is 25.1 Å². The summed E-state index contributed by atoms with van der Waals surface area (Å²) in [6, 6.07) is 6.67. The number of fused-ring (bicyclic) bond motifs is 1. The lowest BCUT2D eigenvalue weighted by Gasteiger charge is -2.27. The number of hydrogen-bond acceptors (Lipinski definition) is 3. The van der Waals surface area contributed by atoms with Gasteiger partial charge in [-0.05, 0) is 18.1 Å². The summed E-state index contributed by atoms with van der Waals surface area (Å²) in [6.45, 7) is 2.11. The van der Waals surface area contributed by atoms with Gasteiger partial charge in [0.1, 0.15) is 0 Å². The van der Waals surface area contributed by atoms with Crippen molar-refractivity contribution in [3.8, 4) is 0 Å². The first-order chi connectivity index (χ1) is 7.57. The first-order valence-electron chi connectivity index (χ1n) is 5.21. The van der Waals surface area contributed by atoms with Gasteiger partial charge in [-0.15, -0.1) is 0 Å². The zero-order chi connectivity index (χ0) is 11.8. The summed E-state index contributed by atoms with van der Waals surface area (Å²) in [4.78, 5) is 12.0. The number of benzene rings is 1. The third-order valence-corrected chi connectivity index (χ3v) is 4.51. The third-order valence-electron chi connectivity index (χ3n) is 2.59. The fraction of sp³-hybridized carbons (Fsp3) is 0.364. The average molecular weight is 239 g/mol. The number of hydrogen-bond donors (Lipinski definition) is 0. The highest BCUT2D eigenvalue weighted by molar-refractivity contribution is 7.89. The molecule has 0 atom stereocenters. The smallest absolute Gasteiger partial charge is 0.266 e. The molecule has 1 aliphatic heterocycles. The Morgan fingerprint density at radius 1 is 1.31 bits per heavy atom. The van der Waals surface area contributed by atoms with Gasteiger partial charge in [0.05, 0.1) is 11.3 Å². The minimum Gasteiger partial charge on any atom is -0.273 e. The normalized spacial score (nSPS) is 18.3. The summed E-state index contributed by atoms with van der Waals surface area (Å²) < 4.78 is 25.2. The molecule has 1 heterocycles. The topological polar surface area (TPSA) is 54.5 Å². The Hall–Kier alpha value is -1.36. The minimum atomic E-state index is -3.61. The molecular formula is C11H13NO3S. The monoisotopic (exact) mass is 239 g/mol. The first kappa shape index (κ1) is 11.1. The molecule has 1 amide bonds. The molecule has 1 aromatic carbocycles. The van der Waals surface area contributed by atoms with E-state index in [1.165, 1.54) is 0 Å². The van der Waals surface area contributed by atoms with E-state index in [2.05, 4.69) is 0 Å².